The zero-order chi connectivity index (χ0) is 22.4. The van der Waals surface area contributed by atoms with Crippen molar-refractivity contribution in [3.8, 4) is 22.3 Å². The molecule has 0 aliphatic rings. The first-order chi connectivity index (χ1) is 15.5. The summed E-state index contributed by atoms with van der Waals surface area (Å²) in [6.45, 7) is 4.28. The molecule has 2 aromatic heterocycles. The molecule has 32 heavy (non-hydrogen) atoms. The third-order valence-electron chi connectivity index (χ3n) is 5.78. The molecule has 3 aromatic carbocycles. The number of nitrogens with two attached hydrogens (primary N) is 2. The minimum absolute atomic E-state index is 0.170. The van der Waals surface area contributed by atoms with Gasteiger partial charge >= 0.3 is 0 Å². The summed E-state index contributed by atoms with van der Waals surface area (Å²) in [4.78, 5) is 18.2. The SMILES string of the molecule is CC(C)c1nc2sc(C(N)=O)c(N)c2c(-c2ccccc2)c1-c1ccc2ccccc2c1. The molecular formula is C27H23N3OS. The first kappa shape index (κ1) is 20.2. The molecule has 0 saturated carbocycles. The summed E-state index contributed by atoms with van der Waals surface area (Å²) in [5, 5.41) is 3.14. The van der Waals surface area contributed by atoms with Gasteiger partial charge < -0.3 is 11.5 Å². The average molecular weight is 438 g/mol. The Kier molecular flexibility index (Phi) is 4.91. The minimum Gasteiger partial charge on any atom is -0.397 e. The van der Waals surface area contributed by atoms with Crippen molar-refractivity contribution in [2.24, 2.45) is 5.73 Å². The second-order valence-electron chi connectivity index (χ2n) is 8.22. The van der Waals surface area contributed by atoms with Crippen LogP contribution in [0.2, 0.25) is 0 Å². The van der Waals surface area contributed by atoms with Crippen LogP contribution in [0.1, 0.15) is 35.1 Å². The predicted octanol–water partition coefficient (Wildman–Crippen LogP) is 6.59. The van der Waals surface area contributed by atoms with Gasteiger partial charge in [-0.05, 0) is 33.9 Å². The summed E-state index contributed by atoms with van der Waals surface area (Å²) < 4.78 is 0. The molecule has 0 bridgehead atoms. The number of carbonyl (C=O) groups is 1. The molecule has 0 atom stereocenters. The Hall–Kier alpha value is -3.70. The van der Waals surface area contributed by atoms with E-state index in [4.69, 9.17) is 16.5 Å². The van der Waals surface area contributed by atoms with Crippen LogP contribution >= 0.6 is 11.3 Å². The maximum absolute atomic E-state index is 12.1. The highest BCUT2D eigenvalue weighted by Gasteiger charge is 2.25. The number of anilines is 1. The highest BCUT2D eigenvalue weighted by Crippen LogP contribution is 2.47. The van der Waals surface area contributed by atoms with Crippen LogP contribution in [0.15, 0.2) is 72.8 Å². The van der Waals surface area contributed by atoms with Gasteiger partial charge in [0, 0.05) is 16.5 Å². The van der Waals surface area contributed by atoms with Crippen LogP contribution in [0, 0.1) is 0 Å². The summed E-state index contributed by atoms with van der Waals surface area (Å²) in [5.74, 6) is -0.355. The van der Waals surface area contributed by atoms with E-state index in [2.05, 4.69) is 56.3 Å². The second kappa shape index (κ2) is 7.77. The largest absolute Gasteiger partial charge is 0.397 e. The number of primary amides is 1. The highest BCUT2D eigenvalue weighted by molar-refractivity contribution is 7.21. The third-order valence-corrected chi connectivity index (χ3v) is 6.89. The molecule has 4 nitrogen and oxygen atoms in total. The lowest BCUT2D eigenvalue weighted by molar-refractivity contribution is 0.100. The predicted molar refractivity (Wildman–Crippen MR) is 135 cm³/mol. The summed E-state index contributed by atoms with van der Waals surface area (Å²) in [6.07, 6.45) is 0. The fourth-order valence-electron chi connectivity index (χ4n) is 4.30. The molecule has 0 unspecified atom stereocenters. The van der Waals surface area contributed by atoms with Crippen LogP contribution in [0.5, 0.6) is 0 Å². The van der Waals surface area contributed by atoms with Crippen molar-refractivity contribution in [2.45, 2.75) is 19.8 Å². The maximum Gasteiger partial charge on any atom is 0.260 e. The van der Waals surface area contributed by atoms with E-state index < -0.39 is 5.91 Å². The number of pyridine rings is 1. The van der Waals surface area contributed by atoms with E-state index in [9.17, 15) is 4.79 Å². The molecule has 158 valence electrons. The number of rotatable bonds is 4. The van der Waals surface area contributed by atoms with Gasteiger partial charge in [0.1, 0.15) is 9.71 Å². The lowest BCUT2D eigenvalue weighted by Crippen LogP contribution is -2.10. The molecule has 1 amide bonds. The number of nitrogen functional groups attached to an aromatic ring is 1. The van der Waals surface area contributed by atoms with Crippen molar-refractivity contribution < 1.29 is 4.79 Å². The zero-order valence-electron chi connectivity index (χ0n) is 17.9. The fourth-order valence-corrected chi connectivity index (χ4v) is 5.27. The van der Waals surface area contributed by atoms with E-state index in [0.29, 0.717) is 10.6 Å². The smallest absolute Gasteiger partial charge is 0.260 e. The number of carbonyl (C=O) groups excluding carboxylic acids is 1. The van der Waals surface area contributed by atoms with Crippen LogP contribution in [0.4, 0.5) is 5.69 Å². The average Bonchev–Trinajstić information content (AvgIpc) is 3.14. The first-order valence-corrected chi connectivity index (χ1v) is 11.4. The van der Waals surface area contributed by atoms with Gasteiger partial charge in [-0.2, -0.15) is 0 Å². The number of aromatic nitrogens is 1. The molecule has 0 saturated heterocycles. The number of hydrogen-bond donors (Lipinski definition) is 2. The summed E-state index contributed by atoms with van der Waals surface area (Å²) in [6, 6.07) is 25.0. The normalized spacial score (nSPS) is 11.5. The van der Waals surface area contributed by atoms with Crippen molar-refractivity contribution in [1.82, 2.24) is 4.98 Å². The van der Waals surface area contributed by atoms with E-state index in [0.717, 1.165) is 43.6 Å². The van der Waals surface area contributed by atoms with Crippen molar-refractivity contribution >= 4 is 43.9 Å². The Morgan fingerprint density at radius 1 is 0.875 bits per heavy atom. The number of benzene rings is 3. The molecule has 0 spiro atoms. The summed E-state index contributed by atoms with van der Waals surface area (Å²) in [5.41, 5.74) is 17.7. The Balaban J connectivity index is 1.97. The van der Waals surface area contributed by atoms with Crippen LogP contribution in [-0.2, 0) is 0 Å². The Bertz CT molecular complexity index is 1490. The molecule has 2 heterocycles. The number of fused-ring (bicyclic) bond motifs is 2. The van der Waals surface area contributed by atoms with Gasteiger partial charge in [-0.25, -0.2) is 4.98 Å². The maximum atomic E-state index is 12.1. The quantitative estimate of drug-likeness (QED) is 0.333. The lowest BCUT2D eigenvalue weighted by Gasteiger charge is -2.19. The van der Waals surface area contributed by atoms with Crippen LogP contribution in [0.25, 0.3) is 43.2 Å². The van der Waals surface area contributed by atoms with E-state index in [1.165, 1.54) is 16.7 Å². The lowest BCUT2D eigenvalue weighted by atomic mass is 9.87. The van der Waals surface area contributed by atoms with Crippen molar-refractivity contribution in [2.75, 3.05) is 5.73 Å². The van der Waals surface area contributed by atoms with Crippen LogP contribution < -0.4 is 11.5 Å². The van der Waals surface area contributed by atoms with Gasteiger partial charge in [0.25, 0.3) is 5.91 Å². The van der Waals surface area contributed by atoms with Gasteiger partial charge in [0.2, 0.25) is 0 Å². The van der Waals surface area contributed by atoms with Crippen LogP contribution in [-0.4, -0.2) is 10.9 Å². The number of thiophene rings is 1. The Morgan fingerprint density at radius 2 is 1.56 bits per heavy atom. The Labute approximate surface area is 190 Å². The second-order valence-corrected chi connectivity index (χ2v) is 9.22. The molecule has 0 aliphatic heterocycles. The molecule has 0 radical (unpaired) electrons. The molecule has 5 rings (SSSR count). The third kappa shape index (κ3) is 3.22. The fraction of sp³-hybridized carbons (Fsp3) is 0.111. The Morgan fingerprint density at radius 3 is 2.25 bits per heavy atom. The zero-order valence-corrected chi connectivity index (χ0v) is 18.7. The molecule has 0 aliphatic carbocycles. The monoisotopic (exact) mass is 437 g/mol. The van der Waals surface area contributed by atoms with Gasteiger partial charge in [-0.3, -0.25) is 4.79 Å². The molecule has 4 N–H and O–H groups in total. The number of amides is 1. The summed E-state index contributed by atoms with van der Waals surface area (Å²) >= 11 is 1.27. The first-order valence-electron chi connectivity index (χ1n) is 10.6. The number of nitrogens with zero attached hydrogens (tertiary/aromatic N) is 1. The van der Waals surface area contributed by atoms with Gasteiger partial charge in [0.05, 0.1) is 11.4 Å². The van der Waals surface area contributed by atoms with Crippen LogP contribution in [0.3, 0.4) is 0 Å². The minimum atomic E-state index is -0.525. The molecular weight excluding hydrogens is 414 g/mol. The topological polar surface area (TPSA) is 82.0 Å². The van der Waals surface area contributed by atoms with Crippen molar-refractivity contribution in [3.05, 3.63) is 83.4 Å². The highest BCUT2D eigenvalue weighted by atomic mass is 32.1. The van der Waals surface area contributed by atoms with Crippen molar-refractivity contribution in [1.29, 1.82) is 0 Å². The van der Waals surface area contributed by atoms with Crippen molar-refractivity contribution in [3.63, 3.8) is 0 Å². The summed E-state index contributed by atoms with van der Waals surface area (Å²) in [7, 11) is 0. The van der Waals surface area contributed by atoms with E-state index in [1.807, 2.05) is 30.3 Å². The molecule has 5 aromatic rings. The van der Waals surface area contributed by atoms with Gasteiger partial charge in [-0.15, -0.1) is 11.3 Å². The molecule has 5 heteroatoms. The number of hydrogen-bond acceptors (Lipinski definition) is 4. The van der Waals surface area contributed by atoms with Gasteiger partial charge in [-0.1, -0.05) is 80.6 Å². The van der Waals surface area contributed by atoms with E-state index in [1.54, 1.807) is 0 Å². The van der Waals surface area contributed by atoms with E-state index >= 15 is 0 Å². The van der Waals surface area contributed by atoms with Gasteiger partial charge in [0.15, 0.2) is 0 Å². The molecule has 0 fully saturated rings. The standard InChI is InChI=1S/C27H23N3OS/c1-15(2)24-21(19-13-12-16-8-6-7-11-18(16)14-19)20(17-9-4-3-5-10-17)22-23(28)25(26(29)31)32-27(22)30-24/h3-15H,28H2,1-2H3,(H2,29,31). The van der Waals surface area contributed by atoms with E-state index in [-0.39, 0.29) is 5.92 Å².